The van der Waals surface area contributed by atoms with Crippen LogP contribution in [0.4, 0.5) is 0 Å². The molecule has 0 radical (unpaired) electrons. The maximum Gasteiger partial charge on any atom is 0.231 e. The number of benzene rings is 1. The van der Waals surface area contributed by atoms with Crippen molar-refractivity contribution in [3.8, 4) is 18.0 Å². The van der Waals surface area contributed by atoms with E-state index in [1.807, 2.05) is 35.9 Å². The van der Waals surface area contributed by atoms with Gasteiger partial charge in [-0.1, -0.05) is 35.3 Å². The first-order valence-corrected chi connectivity index (χ1v) is 7.61. The van der Waals surface area contributed by atoms with Crippen molar-refractivity contribution in [2.75, 3.05) is 12.3 Å². The van der Waals surface area contributed by atoms with Gasteiger partial charge in [-0.05, 0) is 24.6 Å². The van der Waals surface area contributed by atoms with Crippen LogP contribution in [0.25, 0.3) is 5.69 Å². The van der Waals surface area contributed by atoms with Crippen LogP contribution >= 0.6 is 23.4 Å². The SMILES string of the molecule is C#CCNC(=O)CSc1nccn1-c1cccc(Cl)c1C. The third-order valence-corrected chi connectivity index (χ3v) is 4.20. The van der Waals surface area contributed by atoms with Crippen LogP contribution in [-0.2, 0) is 4.79 Å². The van der Waals surface area contributed by atoms with Crippen molar-refractivity contribution < 1.29 is 4.79 Å². The molecule has 1 N–H and O–H groups in total. The van der Waals surface area contributed by atoms with Gasteiger partial charge >= 0.3 is 0 Å². The van der Waals surface area contributed by atoms with Crippen molar-refractivity contribution in [1.82, 2.24) is 14.9 Å². The van der Waals surface area contributed by atoms with Gasteiger partial charge in [-0.2, -0.15) is 0 Å². The molecule has 0 unspecified atom stereocenters. The highest BCUT2D eigenvalue weighted by molar-refractivity contribution is 7.99. The van der Waals surface area contributed by atoms with E-state index in [1.165, 1.54) is 11.8 Å². The number of carbonyl (C=O) groups excluding carboxylic acids is 1. The molecule has 0 spiro atoms. The summed E-state index contributed by atoms with van der Waals surface area (Å²) in [6.07, 6.45) is 8.64. The molecule has 0 saturated heterocycles. The van der Waals surface area contributed by atoms with Crippen LogP contribution in [0.2, 0.25) is 5.02 Å². The molecule has 1 heterocycles. The summed E-state index contributed by atoms with van der Waals surface area (Å²) < 4.78 is 1.92. The lowest BCUT2D eigenvalue weighted by atomic mass is 10.2. The molecule has 0 saturated carbocycles. The highest BCUT2D eigenvalue weighted by Gasteiger charge is 2.11. The quantitative estimate of drug-likeness (QED) is 0.681. The minimum atomic E-state index is -0.115. The standard InChI is InChI=1S/C15H14ClN3OS/c1-3-7-17-14(20)10-21-15-18-8-9-19(15)13-6-4-5-12(16)11(13)2/h1,4-6,8-9H,7,10H2,2H3,(H,17,20). The van der Waals surface area contributed by atoms with Gasteiger partial charge in [0, 0.05) is 17.4 Å². The number of halogens is 1. The summed E-state index contributed by atoms with van der Waals surface area (Å²) in [7, 11) is 0. The van der Waals surface area contributed by atoms with Crippen molar-refractivity contribution in [2.24, 2.45) is 0 Å². The van der Waals surface area contributed by atoms with Gasteiger partial charge < -0.3 is 5.32 Å². The molecule has 1 aromatic heterocycles. The molecule has 108 valence electrons. The summed E-state index contributed by atoms with van der Waals surface area (Å²) in [4.78, 5) is 15.9. The first-order chi connectivity index (χ1) is 10.1. The van der Waals surface area contributed by atoms with Gasteiger partial charge in [0.05, 0.1) is 18.0 Å². The van der Waals surface area contributed by atoms with E-state index in [2.05, 4.69) is 16.2 Å². The number of amides is 1. The van der Waals surface area contributed by atoms with Crippen LogP contribution in [0.5, 0.6) is 0 Å². The molecule has 6 heteroatoms. The molecular weight excluding hydrogens is 306 g/mol. The Morgan fingerprint density at radius 2 is 2.38 bits per heavy atom. The average Bonchev–Trinajstić information content (AvgIpc) is 2.94. The Hall–Kier alpha value is -1.90. The van der Waals surface area contributed by atoms with Crippen molar-refractivity contribution in [1.29, 1.82) is 0 Å². The molecular formula is C15H14ClN3OS. The topological polar surface area (TPSA) is 46.9 Å². The highest BCUT2D eigenvalue weighted by Crippen LogP contribution is 2.26. The summed E-state index contributed by atoms with van der Waals surface area (Å²) >= 11 is 7.49. The van der Waals surface area contributed by atoms with E-state index in [0.29, 0.717) is 5.02 Å². The summed E-state index contributed by atoms with van der Waals surface area (Å²) in [5.74, 6) is 2.51. The molecule has 0 aliphatic carbocycles. The average molecular weight is 320 g/mol. The summed E-state index contributed by atoms with van der Waals surface area (Å²) in [5, 5.41) is 4.05. The van der Waals surface area contributed by atoms with Crippen LogP contribution in [-0.4, -0.2) is 27.8 Å². The van der Waals surface area contributed by atoms with Gasteiger partial charge in [0.15, 0.2) is 5.16 Å². The number of aromatic nitrogens is 2. The molecule has 2 aromatic rings. The first-order valence-electron chi connectivity index (χ1n) is 6.25. The lowest BCUT2D eigenvalue weighted by Crippen LogP contribution is -2.25. The lowest BCUT2D eigenvalue weighted by molar-refractivity contribution is -0.118. The van der Waals surface area contributed by atoms with Crippen molar-refractivity contribution in [3.63, 3.8) is 0 Å². The van der Waals surface area contributed by atoms with E-state index < -0.39 is 0 Å². The molecule has 1 amide bonds. The van der Waals surface area contributed by atoms with E-state index >= 15 is 0 Å². The fraction of sp³-hybridized carbons (Fsp3) is 0.200. The molecule has 4 nitrogen and oxygen atoms in total. The zero-order valence-corrected chi connectivity index (χ0v) is 13.0. The Bertz CT molecular complexity index is 690. The number of nitrogens with one attached hydrogen (secondary N) is 1. The van der Waals surface area contributed by atoms with Crippen molar-refractivity contribution in [2.45, 2.75) is 12.1 Å². The second-order valence-corrected chi connectivity index (χ2v) is 5.58. The van der Waals surface area contributed by atoms with Gasteiger partial charge in [-0.25, -0.2) is 4.98 Å². The molecule has 0 atom stereocenters. The first kappa shape index (κ1) is 15.5. The number of thioether (sulfide) groups is 1. The zero-order chi connectivity index (χ0) is 15.2. The number of hydrogen-bond acceptors (Lipinski definition) is 3. The van der Waals surface area contributed by atoms with E-state index in [1.54, 1.807) is 6.20 Å². The zero-order valence-electron chi connectivity index (χ0n) is 11.5. The molecule has 21 heavy (non-hydrogen) atoms. The van der Waals surface area contributed by atoms with Gasteiger partial charge in [0.25, 0.3) is 0 Å². The third-order valence-electron chi connectivity index (χ3n) is 2.83. The van der Waals surface area contributed by atoms with E-state index in [4.69, 9.17) is 18.0 Å². The summed E-state index contributed by atoms with van der Waals surface area (Å²) in [5.41, 5.74) is 1.92. The van der Waals surface area contributed by atoms with Gasteiger partial charge in [0.1, 0.15) is 0 Å². The normalized spacial score (nSPS) is 10.1. The molecule has 0 bridgehead atoms. The highest BCUT2D eigenvalue weighted by atomic mass is 35.5. The summed E-state index contributed by atoms with van der Waals surface area (Å²) in [6.45, 7) is 2.19. The Labute approximate surface area is 132 Å². The largest absolute Gasteiger partial charge is 0.344 e. The fourth-order valence-electron chi connectivity index (χ4n) is 1.77. The minimum Gasteiger partial charge on any atom is -0.344 e. The lowest BCUT2D eigenvalue weighted by Gasteiger charge is -2.11. The van der Waals surface area contributed by atoms with Crippen LogP contribution in [0.3, 0.4) is 0 Å². The number of carbonyl (C=O) groups is 1. The second kappa shape index (κ2) is 7.21. The monoisotopic (exact) mass is 319 g/mol. The Balaban J connectivity index is 2.14. The van der Waals surface area contributed by atoms with Crippen LogP contribution in [0.1, 0.15) is 5.56 Å². The van der Waals surface area contributed by atoms with Crippen LogP contribution in [0.15, 0.2) is 35.7 Å². The predicted molar refractivity (Wildman–Crippen MR) is 85.9 cm³/mol. The molecule has 2 rings (SSSR count). The Kier molecular flexibility index (Phi) is 5.32. The van der Waals surface area contributed by atoms with E-state index in [9.17, 15) is 4.79 Å². The number of hydrogen-bond donors (Lipinski definition) is 1. The second-order valence-electron chi connectivity index (χ2n) is 4.23. The van der Waals surface area contributed by atoms with Gasteiger partial charge in [0.2, 0.25) is 5.91 Å². The van der Waals surface area contributed by atoms with Crippen molar-refractivity contribution >= 4 is 29.3 Å². The van der Waals surface area contributed by atoms with Crippen LogP contribution < -0.4 is 5.32 Å². The third kappa shape index (κ3) is 3.81. The van der Waals surface area contributed by atoms with E-state index in [-0.39, 0.29) is 18.2 Å². The molecule has 0 aliphatic heterocycles. The van der Waals surface area contributed by atoms with Gasteiger partial charge in [-0.3, -0.25) is 9.36 Å². The maximum absolute atomic E-state index is 11.6. The number of rotatable bonds is 5. The van der Waals surface area contributed by atoms with Crippen molar-refractivity contribution in [3.05, 3.63) is 41.2 Å². The van der Waals surface area contributed by atoms with Crippen LogP contribution in [0, 0.1) is 19.3 Å². The molecule has 0 aliphatic rings. The number of nitrogens with zero attached hydrogens (tertiary/aromatic N) is 2. The van der Waals surface area contributed by atoms with E-state index in [0.717, 1.165) is 16.4 Å². The smallest absolute Gasteiger partial charge is 0.231 e. The molecule has 0 fully saturated rings. The molecule has 1 aromatic carbocycles. The van der Waals surface area contributed by atoms with Gasteiger partial charge in [-0.15, -0.1) is 6.42 Å². The minimum absolute atomic E-state index is 0.115. The fourth-order valence-corrected chi connectivity index (χ4v) is 2.73. The Morgan fingerprint density at radius 1 is 1.57 bits per heavy atom. The summed E-state index contributed by atoms with van der Waals surface area (Å²) in [6, 6.07) is 5.70. The number of imidazole rings is 1. The number of terminal acetylenes is 1. The Morgan fingerprint density at radius 3 is 3.14 bits per heavy atom. The predicted octanol–water partition coefficient (Wildman–Crippen LogP) is 2.68. The maximum atomic E-state index is 11.6.